The van der Waals surface area contributed by atoms with E-state index in [2.05, 4.69) is 0 Å². The Hall–Kier alpha value is -1.96. The Morgan fingerprint density at radius 1 is 0.955 bits per heavy atom. The van der Waals surface area contributed by atoms with Gasteiger partial charge >= 0.3 is 11.9 Å². The molecular weight excluding hydrogens is 286 g/mol. The highest BCUT2D eigenvalue weighted by atomic mass is 16.4. The Labute approximate surface area is 130 Å². The van der Waals surface area contributed by atoms with Crippen molar-refractivity contribution in [2.45, 2.75) is 37.8 Å². The molecule has 22 heavy (non-hydrogen) atoms. The molecule has 0 aliphatic heterocycles. The monoisotopic (exact) mass is 311 g/mol. The van der Waals surface area contributed by atoms with E-state index < -0.39 is 24.0 Å². The van der Waals surface area contributed by atoms with Crippen LogP contribution in [-0.4, -0.2) is 40.8 Å². The highest BCUT2D eigenvalue weighted by Gasteiger charge is 2.11. The van der Waals surface area contributed by atoms with Crippen LogP contribution in [0.4, 0.5) is 0 Å². The standard InChI is InChI=1S/C9H11NO2.C6H14N2O2/c10-8(9(11)12)6-7-4-2-1-3-5-7;7-4-2-1-3-5(8)6(9)10/h1-5,8H,6,10H2,(H,11,12);5H,1-4,7-8H2,(H,9,10)/t8-;5-/m10/s1. The second kappa shape index (κ2) is 11.7. The van der Waals surface area contributed by atoms with Crippen LogP contribution in [0.5, 0.6) is 0 Å². The van der Waals surface area contributed by atoms with Crippen molar-refractivity contribution < 1.29 is 19.8 Å². The number of rotatable bonds is 8. The van der Waals surface area contributed by atoms with Crippen LogP contribution in [0.15, 0.2) is 30.3 Å². The number of aliphatic carboxylic acids is 2. The van der Waals surface area contributed by atoms with Crippen molar-refractivity contribution in [2.24, 2.45) is 17.2 Å². The van der Waals surface area contributed by atoms with E-state index in [-0.39, 0.29) is 0 Å². The number of benzene rings is 1. The number of carboxylic acid groups (broad SMARTS) is 2. The minimum Gasteiger partial charge on any atom is -0.480 e. The highest BCUT2D eigenvalue weighted by molar-refractivity contribution is 5.73. The zero-order chi connectivity index (χ0) is 17.0. The summed E-state index contributed by atoms with van der Waals surface area (Å²) >= 11 is 0. The smallest absolute Gasteiger partial charge is 0.320 e. The molecule has 0 unspecified atom stereocenters. The Bertz CT molecular complexity index is 440. The average Bonchev–Trinajstić information content (AvgIpc) is 2.48. The number of nitrogens with two attached hydrogens (primary N) is 3. The quantitative estimate of drug-likeness (QED) is 0.429. The van der Waals surface area contributed by atoms with Crippen LogP contribution >= 0.6 is 0 Å². The summed E-state index contributed by atoms with van der Waals surface area (Å²) in [7, 11) is 0. The summed E-state index contributed by atoms with van der Waals surface area (Å²) in [4.78, 5) is 20.5. The Balaban J connectivity index is 0.000000409. The van der Waals surface area contributed by atoms with Gasteiger partial charge in [-0.15, -0.1) is 0 Å². The third-order valence-electron chi connectivity index (χ3n) is 2.90. The Morgan fingerprint density at radius 3 is 1.95 bits per heavy atom. The fourth-order valence-corrected chi connectivity index (χ4v) is 1.59. The number of hydrogen-bond acceptors (Lipinski definition) is 5. The number of hydrogen-bond donors (Lipinski definition) is 5. The SMILES string of the molecule is NCCCC[C@H](N)C(=O)O.N[C@H](Cc1ccccc1)C(=O)O. The van der Waals surface area contributed by atoms with Crippen LogP contribution in [0, 0.1) is 0 Å². The van der Waals surface area contributed by atoms with E-state index in [0.717, 1.165) is 18.4 Å². The number of unbranched alkanes of at least 4 members (excludes halogenated alkanes) is 1. The van der Waals surface area contributed by atoms with Crippen molar-refractivity contribution in [1.82, 2.24) is 0 Å². The summed E-state index contributed by atoms with van der Waals surface area (Å²) in [6.45, 7) is 0.604. The molecule has 0 aliphatic carbocycles. The van der Waals surface area contributed by atoms with Crippen molar-refractivity contribution in [3.63, 3.8) is 0 Å². The third-order valence-corrected chi connectivity index (χ3v) is 2.90. The molecule has 0 aromatic heterocycles. The van der Waals surface area contributed by atoms with E-state index in [4.69, 9.17) is 27.4 Å². The molecule has 1 aromatic rings. The number of carboxylic acids is 2. The molecule has 124 valence electrons. The largest absolute Gasteiger partial charge is 0.480 e. The number of carbonyl (C=O) groups is 2. The molecular formula is C15H25N3O4. The van der Waals surface area contributed by atoms with Gasteiger partial charge in [0.05, 0.1) is 0 Å². The molecule has 7 nitrogen and oxygen atoms in total. The maximum atomic E-state index is 10.4. The van der Waals surface area contributed by atoms with Crippen molar-refractivity contribution in [3.8, 4) is 0 Å². The lowest BCUT2D eigenvalue weighted by atomic mass is 10.1. The lowest BCUT2D eigenvalue weighted by Gasteiger charge is -2.04. The normalized spacial score (nSPS) is 12.7. The summed E-state index contributed by atoms with van der Waals surface area (Å²) in [6.07, 6.45) is 2.55. The predicted molar refractivity (Wildman–Crippen MR) is 84.3 cm³/mol. The Kier molecular flexibility index (Phi) is 10.6. The first-order valence-electron chi connectivity index (χ1n) is 7.09. The van der Waals surface area contributed by atoms with Crippen LogP contribution in [0.25, 0.3) is 0 Å². The van der Waals surface area contributed by atoms with Crippen LogP contribution < -0.4 is 17.2 Å². The summed E-state index contributed by atoms with van der Waals surface area (Å²) in [5, 5.41) is 16.8. The molecule has 0 aliphatic rings. The summed E-state index contributed by atoms with van der Waals surface area (Å²) in [5.41, 5.74) is 16.7. The van der Waals surface area contributed by atoms with Gasteiger partial charge < -0.3 is 27.4 Å². The van der Waals surface area contributed by atoms with Crippen LogP contribution in [0.2, 0.25) is 0 Å². The molecule has 7 heteroatoms. The second-order valence-corrected chi connectivity index (χ2v) is 4.86. The lowest BCUT2D eigenvalue weighted by Crippen LogP contribution is -2.32. The van der Waals surface area contributed by atoms with Crippen molar-refractivity contribution in [2.75, 3.05) is 6.54 Å². The van der Waals surface area contributed by atoms with E-state index in [1.807, 2.05) is 30.3 Å². The van der Waals surface area contributed by atoms with Crippen molar-refractivity contribution >= 4 is 11.9 Å². The van der Waals surface area contributed by atoms with E-state index >= 15 is 0 Å². The van der Waals surface area contributed by atoms with Gasteiger partial charge in [-0.1, -0.05) is 36.8 Å². The molecule has 0 fully saturated rings. The van der Waals surface area contributed by atoms with E-state index in [0.29, 0.717) is 19.4 Å². The summed E-state index contributed by atoms with van der Waals surface area (Å²) in [6, 6.07) is 7.83. The van der Waals surface area contributed by atoms with E-state index in [1.165, 1.54) is 0 Å². The lowest BCUT2D eigenvalue weighted by molar-refractivity contribution is -0.139. The van der Waals surface area contributed by atoms with Gasteiger partial charge in [-0.25, -0.2) is 0 Å². The van der Waals surface area contributed by atoms with E-state index in [1.54, 1.807) is 0 Å². The van der Waals surface area contributed by atoms with Gasteiger partial charge in [0.15, 0.2) is 0 Å². The summed E-state index contributed by atoms with van der Waals surface area (Å²) < 4.78 is 0. The predicted octanol–water partition coefficient (Wildman–Crippen LogP) is 0.168. The van der Waals surface area contributed by atoms with Gasteiger partial charge in [0.2, 0.25) is 0 Å². The topological polar surface area (TPSA) is 153 Å². The first-order chi connectivity index (χ1) is 10.4. The van der Waals surface area contributed by atoms with E-state index in [9.17, 15) is 9.59 Å². The van der Waals surface area contributed by atoms with Crippen LogP contribution in [0.1, 0.15) is 24.8 Å². The fraction of sp³-hybridized carbons (Fsp3) is 0.467. The molecule has 0 amide bonds. The van der Waals surface area contributed by atoms with Gasteiger partial charge in [0.25, 0.3) is 0 Å². The molecule has 8 N–H and O–H groups in total. The minimum atomic E-state index is -0.959. The van der Waals surface area contributed by atoms with Gasteiger partial charge in [-0.3, -0.25) is 9.59 Å². The molecule has 2 atom stereocenters. The summed E-state index contributed by atoms with van der Waals surface area (Å²) in [5.74, 6) is -1.89. The molecule has 1 aromatic carbocycles. The second-order valence-electron chi connectivity index (χ2n) is 4.86. The zero-order valence-electron chi connectivity index (χ0n) is 12.5. The van der Waals surface area contributed by atoms with Gasteiger partial charge in [0, 0.05) is 0 Å². The Morgan fingerprint density at radius 2 is 1.50 bits per heavy atom. The van der Waals surface area contributed by atoms with Crippen molar-refractivity contribution in [1.29, 1.82) is 0 Å². The first-order valence-corrected chi connectivity index (χ1v) is 7.09. The van der Waals surface area contributed by atoms with Gasteiger partial charge in [0.1, 0.15) is 12.1 Å². The highest BCUT2D eigenvalue weighted by Crippen LogP contribution is 2.01. The van der Waals surface area contributed by atoms with Crippen LogP contribution in [-0.2, 0) is 16.0 Å². The third kappa shape index (κ3) is 9.87. The molecule has 0 saturated heterocycles. The molecule has 0 heterocycles. The van der Waals surface area contributed by atoms with Crippen molar-refractivity contribution in [3.05, 3.63) is 35.9 Å². The van der Waals surface area contributed by atoms with Gasteiger partial charge in [-0.2, -0.15) is 0 Å². The molecule has 0 spiro atoms. The molecule has 0 bridgehead atoms. The van der Waals surface area contributed by atoms with Gasteiger partial charge in [-0.05, 0) is 31.4 Å². The zero-order valence-corrected chi connectivity index (χ0v) is 12.5. The minimum absolute atomic E-state index is 0.385. The molecule has 1 rings (SSSR count). The maximum Gasteiger partial charge on any atom is 0.320 e. The van der Waals surface area contributed by atoms with Crippen LogP contribution in [0.3, 0.4) is 0 Å². The molecule has 0 saturated carbocycles. The fourth-order valence-electron chi connectivity index (χ4n) is 1.59. The maximum absolute atomic E-state index is 10.4. The average molecular weight is 311 g/mol. The first kappa shape index (κ1) is 20.0. The molecule has 0 radical (unpaired) electrons.